The molecular weight excluding hydrogens is 296 g/mol. The Kier molecular flexibility index (Phi) is 4.74. The fourth-order valence-corrected chi connectivity index (χ4v) is 1.96. The molecule has 7 nitrogen and oxygen atoms in total. The number of benzene rings is 1. The highest BCUT2D eigenvalue weighted by Crippen LogP contribution is 2.30. The fraction of sp³-hybridized carbons (Fsp3) is 0.385. The van der Waals surface area contributed by atoms with Crippen LogP contribution in [0.2, 0.25) is 5.02 Å². The molecule has 1 aromatic carbocycles. The Morgan fingerprint density at radius 2 is 2.24 bits per heavy atom. The van der Waals surface area contributed by atoms with Crippen molar-refractivity contribution in [2.75, 3.05) is 0 Å². The van der Waals surface area contributed by atoms with E-state index in [0.717, 1.165) is 0 Å². The molecule has 21 heavy (non-hydrogen) atoms. The first-order valence-corrected chi connectivity index (χ1v) is 6.78. The minimum absolute atomic E-state index is 0.0912. The fourth-order valence-electron chi connectivity index (χ4n) is 1.79. The van der Waals surface area contributed by atoms with Gasteiger partial charge in [-0.3, -0.25) is 10.1 Å². The van der Waals surface area contributed by atoms with Crippen molar-refractivity contribution in [2.24, 2.45) is 5.92 Å². The number of rotatable bonds is 6. The summed E-state index contributed by atoms with van der Waals surface area (Å²) < 4.78 is 7.22. The molecule has 2 aromatic rings. The topological polar surface area (TPSA) is 83.1 Å². The summed E-state index contributed by atoms with van der Waals surface area (Å²) in [5.41, 5.74) is -0.130. The molecule has 0 fully saturated rings. The second kappa shape index (κ2) is 6.53. The molecule has 0 radical (unpaired) electrons. The molecule has 0 atom stereocenters. The van der Waals surface area contributed by atoms with Crippen molar-refractivity contribution in [1.82, 2.24) is 14.8 Å². The second-order valence-electron chi connectivity index (χ2n) is 4.91. The molecule has 0 saturated carbocycles. The van der Waals surface area contributed by atoms with Gasteiger partial charge in [0.1, 0.15) is 12.9 Å². The molecule has 8 heteroatoms. The van der Waals surface area contributed by atoms with Gasteiger partial charge < -0.3 is 4.74 Å². The van der Waals surface area contributed by atoms with E-state index in [-0.39, 0.29) is 18.0 Å². The van der Waals surface area contributed by atoms with E-state index in [1.165, 1.54) is 24.5 Å². The van der Waals surface area contributed by atoms with Crippen LogP contribution in [0, 0.1) is 16.0 Å². The Balaban J connectivity index is 2.15. The standard InChI is InChI=1S/C13H15ClN4O3/c1-9(2)6-17-13(15-8-16-17)7-21-12-5-10(14)3-4-11(12)18(19)20/h3-5,8-9H,6-7H2,1-2H3. The largest absolute Gasteiger partial charge is 0.479 e. The molecule has 0 amide bonds. The summed E-state index contributed by atoms with van der Waals surface area (Å²) in [7, 11) is 0. The quantitative estimate of drug-likeness (QED) is 0.605. The molecule has 0 aliphatic carbocycles. The SMILES string of the molecule is CC(C)Cn1ncnc1COc1cc(Cl)ccc1[N+](=O)[O-]. The first-order chi connectivity index (χ1) is 9.97. The van der Waals surface area contributed by atoms with Gasteiger partial charge in [0.15, 0.2) is 11.6 Å². The highest BCUT2D eigenvalue weighted by molar-refractivity contribution is 6.30. The van der Waals surface area contributed by atoms with Gasteiger partial charge in [-0.2, -0.15) is 5.10 Å². The molecule has 0 aliphatic heterocycles. The predicted molar refractivity (Wildman–Crippen MR) is 77.3 cm³/mol. The first-order valence-electron chi connectivity index (χ1n) is 6.40. The number of nitrogens with zero attached hydrogens (tertiary/aromatic N) is 4. The van der Waals surface area contributed by atoms with Crippen LogP contribution in [0.5, 0.6) is 5.75 Å². The molecule has 112 valence electrons. The van der Waals surface area contributed by atoms with Gasteiger partial charge in [-0.1, -0.05) is 25.4 Å². The highest BCUT2D eigenvalue weighted by atomic mass is 35.5. The van der Waals surface area contributed by atoms with E-state index in [9.17, 15) is 10.1 Å². The summed E-state index contributed by atoms with van der Waals surface area (Å²) in [5.74, 6) is 1.13. The molecule has 0 aliphatic rings. The molecule has 0 spiro atoms. The van der Waals surface area contributed by atoms with Gasteiger partial charge in [-0.05, 0) is 12.0 Å². The van der Waals surface area contributed by atoms with Crippen LogP contribution in [0.15, 0.2) is 24.5 Å². The van der Waals surface area contributed by atoms with Crippen molar-refractivity contribution in [2.45, 2.75) is 27.0 Å². The van der Waals surface area contributed by atoms with Crippen LogP contribution < -0.4 is 4.74 Å². The van der Waals surface area contributed by atoms with Crippen molar-refractivity contribution < 1.29 is 9.66 Å². The molecule has 1 heterocycles. The van der Waals surface area contributed by atoms with Crippen molar-refractivity contribution in [1.29, 1.82) is 0 Å². The van der Waals surface area contributed by atoms with Crippen molar-refractivity contribution in [3.8, 4) is 5.75 Å². The molecule has 0 unspecified atom stereocenters. The maximum atomic E-state index is 11.0. The van der Waals surface area contributed by atoms with Crippen LogP contribution in [0.4, 0.5) is 5.69 Å². The third kappa shape index (κ3) is 3.91. The number of ether oxygens (including phenoxy) is 1. The molecular formula is C13H15ClN4O3. The first kappa shape index (κ1) is 15.2. The van der Waals surface area contributed by atoms with E-state index >= 15 is 0 Å². The Labute approximate surface area is 126 Å². The van der Waals surface area contributed by atoms with Crippen LogP contribution in [0.25, 0.3) is 0 Å². The Morgan fingerprint density at radius 1 is 1.48 bits per heavy atom. The van der Waals surface area contributed by atoms with E-state index in [1.54, 1.807) is 4.68 Å². The number of nitro benzene ring substituents is 1. The summed E-state index contributed by atoms with van der Waals surface area (Å²) in [6.45, 7) is 4.92. The van der Waals surface area contributed by atoms with Crippen molar-refractivity contribution in [3.63, 3.8) is 0 Å². The monoisotopic (exact) mass is 310 g/mol. The van der Waals surface area contributed by atoms with Crippen molar-refractivity contribution >= 4 is 17.3 Å². The molecule has 0 bridgehead atoms. The van der Waals surface area contributed by atoms with Gasteiger partial charge in [0.2, 0.25) is 0 Å². The Hall–Kier alpha value is -2.15. The summed E-state index contributed by atoms with van der Waals surface area (Å²) in [6.07, 6.45) is 1.44. The van der Waals surface area contributed by atoms with E-state index in [2.05, 4.69) is 23.9 Å². The van der Waals surface area contributed by atoms with Crippen LogP contribution in [-0.2, 0) is 13.2 Å². The molecule has 2 rings (SSSR count). The van der Waals surface area contributed by atoms with Gasteiger partial charge in [-0.25, -0.2) is 9.67 Å². The van der Waals surface area contributed by atoms with E-state index in [4.69, 9.17) is 16.3 Å². The molecule has 1 aromatic heterocycles. The van der Waals surface area contributed by atoms with Gasteiger partial charge in [0.25, 0.3) is 0 Å². The normalized spacial score (nSPS) is 10.9. The lowest BCUT2D eigenvalue weighted by atomic mass is 10.2. The zero-order valence-corrected chi connectivity index (χ0v) is 12.4. The highest BCUT2D eigenvalue weighted by Gasteiger charge is 2.16. The van der Waals surface area contributed by atoms with Crippen LogP contribution in [0.1, 0.15) is 19.7 Å². The van der Waals surface area contributed by atoms with Crippen molar-refractivity contribution in [3.05, 3.63) is 45.5 Å². The number of halogens is 1. The summed E-state index contributed by atoms with van der Waals surface area (Å²) in [6, 6.07) is 4.19. The average molecular weight is 311 g/mol. The average Bonchev–Trinajstić information content (AvgIpc) is 2.82. The Morgan fingerprint density at radius 3 is 2.90 bits per heavy atom. The minimum atomic E-state index is -0.509. The second-order valence-corrected chi connectivity index (χ2v) is 5.35. The third-order valence-corrected chi connectivity index (χ3v) is 2.94. The maximum Gasteiger partial charge on any atom is 0.311 e. The molecule has 0 saturated heterocycles. The lowest BCUT2D eigenvalue weighted by molar-refractivity contribution is -0.386. The summed E-state index contributed by atoms with van der Waals surface area (Å²) in [4.78, 5) is 14.6. The van der Waals surface area contributed by atoms with Gasteiger partial charge >= 0.3 is 5.69 Å². The summed E-state index contributed by atoms with van der Waals surface area (Å²) in [5, 5.41) is 15.4. The zero-order valence-electron chi connectivity index (χ0n) is 11.7. The van der Waals surface area contributed by atoms with Gasteiger partial charge in [0.05, 0.1) is 4.92 Å². The minimum Gasteiger partial charge on any atom is -0.479 e. The number of hydrogen-bond acceptors (Lipinski definition) is 5. The number of hydrogen-bond donors (Lipinski definition) is 0. The lowest BCUT2D eigenvalue weighted by Gasteiger charge is -2.10. The smallest absolute Gasteiger partial charge is 0.311 e. The zero-order chi connectivity index (χ0) is 15.4. The van der Waals surface area contributed by atoms with Gasteiger partial charge in [0, 0.05) is 23.7 Å². The number of aromatic nitrogens is 3. The van der Waals surface area contributed by atoms with Crippen LogP contribution in [0.3, 0.4) is 0 Å². The van der Waals surface area contributed by atoms with Crippen LogP contribution in [-0.4, -0.2) is 19.7 Å². The van der Waals surface area contributed by atoms with E-state index in [1.807, 2.05) is 0 Å². The predicted octanol–water partition coefficient (Wildman–Crippen LogP) is 3.07. The number of nitro groups is 1. The molecule has 0 N–H and O–H groups in total. The van der Waals surface area contributed by atoms with Gasteiger partial charge in [-0.15, -0.1) is 0 Å². The van der Waals surface area contributed by atoms with E-state index in [0.29, 0.717) is 23.3 Å². The summed E-state index contributed by atoms with van der Waals surface area (Å²) >= 11 is 5.85. The van der Waals surface area contributed by atoms with Crippen LogP contribution >= 0.6 is 11.6 Å². The Bertz CT molecular complexity index is 642. The van der Waals surface area contributed by atoms with E-state index < -0.39 is 4.92 Å². The maximum absolute atomic E-state index is 11.0. The lowest BCUT2D eigenvalue weighted by Crippen LogP contribution is -2.12. The third-order valence-electron chi connectivity index (χ3n) is 2.71.